The largest absolute Gasteiger partial charge is 0.481 e. The zero-order valence-electron chi connectivity index (χ0n) is 37.5. The van der Waals surface area contributed by atoms with Gasteiger partial charge in [-0.3, -0.25) is 24.0 Å². The van der Waals surface area contributed by atoms with E-state index < -0.39 is 34.7 Å². The molecule has 7 rings (SSSR count). The number of fused-ring (bicyclic) bond motifs is 7. The van der Waals surface area contributed by atoms with E-state index in [-0.39, 0.29) is 82.7 Å². The molecule has 0 bridgehead atoms. The van der Waals surface area contributed by atoms with Crippen LogP contribution in [0.2, 0.25) is 5.02 Å². The summed E-state index contributed by atoms with van der Waals surface area (Å²) in [5, 5.41) is 16.2. The number of halogens is 1. The van der Waals surface area contributed by atoms with Crippen molar-refractivity contribution in [3.63, 3.8) is 0 Å². The molecule has 0 spiro atoms. The number of hydrogen-bond acceptors (Lipinski definition) is 7. The van der Waals surface area contributed by atoms with Crippen LogP contribution in [0.1, 0.15) is 143 Å². The summed E-state index contributed by atoms with van der Waals surface area (Å²) < 4.78 is 6.41. The Kier molecular flexibility index (Phi) is 11.6. The molecule has 6 aliphatic carbocycles. The van der Waals surface area contributed by atoms with Crippen LogP contribution in [-0.2, 0) is 23.9 Å². The number of benzene rings is 1. The quantitative estimate of drug-likeness (QED) is 0.161. The standard InChI is InChI=1S/C49H70ClN3O7/c1-27(2)39-34(54)23-49(24-38(55)52-26-30(25-51)53-41(56)28-10-12-29(50)13-11-28)21-20-47(8)31(40(39)49)14-15-36-46(7)18-17-37(45(5,6)35(46)16-19-48(36,47)9)60-43(59)33-22-32(42(57)58)44(33,3)4/h10-13,27,30-33,35-37H,14-26,51H2,1-9H3,(H,52,55)(H,53,56)(H,57,58)/t30?,31-,32+,33-,35+,36-,37+,46+,47-,48-,49+/m1/s1. The second kappa shape index (κ2) is 15.5. The van der Waals surface area contributed by atoms with E-state index in [0.29, 0.717) is 35.3 Å². The molecule has 1 aromatic rings. The maximum atomic E-state index is 14.1. The van der Waals surface area contributed by atoms with Gasteiger partial charge in [0.25, 0.3) is 5.91 Å². The molecule has 0 heterocycles. The van der Waals surface area contributed by atoms with Crippen LogP contribution >= 0.6 is 11.6 Å². The minimum atomic E-state index is -0.844. The molecule has 6 aliphatic rings. The van der Waals surface area contributed by atoms with Crippen molar-refractivity contribution in [3.05, 3.63) is 46.0 Å². The van der Waals surface area contributed by atoms with E-state index in [1.54, 1.807) is 24.3 Å². The zero-order chi connectivity index (χ0) is 44.0. The number of rotatable bonds is 11. The third kappa shape index (κ3) is 6.96. The highest BCUT2D eigenvalue weighted by Crippen LogP contribution is 2.77. The number of aliphatic carboxylic acids is 1. The Balaban J connectivity index is 1.08. The lowest BCUT2D eigenvalue weighted by Crippen LogP contribution is -2.66. The molecule has 2 amide bonds. The lowest BCUT2D eigenvalue weighted by molar-refractivity contribution is -0.236. The number of hydrogen-bond donors (Lipinski definition) is 4. The van der Waals surface area contributed by atoms with Gasteiger partial charge in [0, 0.05) is 47.3 Å². The van der Waals surface area contributed by atoms with Gasteiger partial charge in [0.05, 0.1) is 17.9 Å². The Labute approximate surface area is 362 Å². The van der Waals surface area contributed by atoms with Crippen LogP contribution in [0.25, 0.3) is 0 Å². The van der Waals surface area contributed by atoms with Crippen molar-refractivity contribution in [2.24, 2.45) is 73.7 Å². The summed E-state index contributed by atoms with van der Waals surface area (Å²) in [6.07, 6.45) is 8.33. The lowest BCUT2D eigenvalue weighted by Gasteiger charge is -2.72. The van der Waals surface area contributed by atoms with Gasteiger partial charge in [-0.2, -0.15) is 0 Å². The number of allylic oxidation sites excluding steroid dienone is 2. The van der Waals surface area contributed by atoms with Gasteiger partial charge in [0.2, 0.25) is 5.91 Å². The first-order valence-corrected chi connectivity index (χ1v) is 23.1. The van der Waals surface area contributed by atoms with Crippen molar-refractivity contribution >= 4 is 41.1 Å². The van der Waals surface area contributed by atoms with Gasteiger partial charge in [0.15, 0.2) is 5.78 Å². The number of ether oxygens (including phenoxy) is 1. The van der Waals surface area contributed by atoms with Crippen LogP contribution in [0.15, 0.2) is 35.4 Å². The minimum absolute atomic E-state index is 0.00828. The topological polar surface area (TPSA) is 165 Å². The molecule has 60 heavy (non-hydrogen) atoms. The molecule has 0 aromatic heterocycles. The number of nitrogens with one attached hydrogen (secondary N) is 2. The number of esters is 1. The Morgan fingerprint density at radius 1 is 0.867 bits per heavy atom. The van der Waals surface area contributed by atoms with E-state index in [4.69, 9.17) is 22.1 Å². The van der Waals surface area contributed by atoms with Gasteiger partial charge < -0.3 is 26.2 Å². The molecule has 5 saturated carbocycles. The maximum Gasteiger partial charge on any atom is 0.309 e. The summed E-state index contributed by atoms with van der Waals surface area (Å²) in [7, 11) is 0. The van der Waals surface area contributed by atoms with Crippen LogP contribution in [0, 0.1) is 68.0 Å². The number of Topliss-reactive ketones (excluding diaryl/α,β-unsaturated/α-hetero) is 1. The van der Waals surface area contributed by atoms with Crippen molar-refractivity contribution in [2.75, 3.05) is 13.1 Å². The smallest absolute Gasteiger partial charge is 0.309 e. The predicted octanol–water partition coefficient (Wildman–Crippen LogP) is 8.54. The lowest BCUT2D eigenvalue weighted by atomic mass is 9.33. The van der Waals surface area contributed by atoms with Crippen LogP contribution in [0.4, 0.5) is 0 Å². The molecule has 5 fully saturated rings. The number of amides is 2. The number of carbonyl (C=O) groups is 5. The molecule has 11 heteroatoms. The summed E-state index contributed by atoms with van der Waals surface area (Å²) in [6.45, 7) is 20.5. The summed E-state index contributed by atoms with van der Waals surface area (Å²) in [4.78, 5) is 66.5. The third-order valence-electron chi connectivity index (χ3n) is 18.4. The van der Waals surface area contributed by atoms with Crippen molar-refractivity contribution in [2.45, 2.75) is 145 Å². The van der Waals surface area contributed by atoms with Gasteiger partial charge in [-0.25, -0.2) is 0 Å². The van der Waals surface area contributed by atoms with Crippen LogP contribution < -0.4 is 16.4 Å². The summed E-state index contributed by atoms with van der Waals surface area (Å²) >= 11 is 6.01. The first kappa shape index (κ1) is 44.8. The number of carbonyl (C=O) groups excluding carboxylic acids is 4. The van der Waals surface area contributed by atoms with E-state index in [1.807, 2.05) is 13.8 Å². The van der Waals surface area contributed by atoms with Gasteiger partial charge in [-0.05, 0) is 133 Å². The third-order valence-corrected chi connectivity index (χ3v) is 18.6. The highest BCUT2D eigenvalue weighted by atomic mass is 35.5. The van der Waals surface area contributed by atoms with Crippen LogP contribution in [0.5, 0.6) is 0 Å². The van der Waals surface area contributed by atoms with E-state index >= 15 is 0 Å². The minimum Gasteiger partial charge on any atom is -0.481 e. The average molecular weight is 849 g/mol. The SMILES string of the molecule is CC(C)C1=C2[C@H]3CC[C@@H]4[C@@]5(C)CC[C@H](OC(=O)[C@H]6C[C@@H](C(=O)O)C6(C)C)C(C)(C)[C@@H]5CC[C@@]4(C)[C@]3(C)CC[C@@]2(CC(=O)NCC(CN)NC(=O)c2ccc(Cl)cc2)CC1=O. The molecule has 0 radical (unpaired) electrons. The maximum absolute atomic E-state index is 14.1. The highest BCUT2D eigenvalue weighted by molar-refractivity contribution is 6.30. The van der Waals surface area contributed by atoms with E-state index in [9.17, 15) is 29.1 Å². The van der Waals surface area contributed by atoms with Crippen LogP contribution in [0.3, 0.4) is 0 Å². The summed E-state index contributed by atoms with van der Waals surface area (Å²) in [6, 6.07) is 6.16. The molecule has 10 nitrogen and oxygen atoms in total. The van der Waals surface area contributed by atoms with E-state index in [1.165, 1.54) is 5.57 Å². The first-order valence-electron chi connectivity index (χ1n) is 22.7. The van der Waals surface area contributed by atoms with Crippen molar-refractivity contribution in [1.82, 2.24) is 10.6 Å². The Bertz CT molecular complexity index is 1960. The molecule has 1 aromatic carbocycles. The zero-order valence-corrected chi connectivity index (χ0v) is 38.2. The Morgan fingerprint density at radius 3 is 2.17 bits per heavy atom. The van der Waals surface area contributed by atoms with E-state index in [0.717, 1.165) is 56.9 Å². The molecule has 330 valence electrons. The molecular weight excluding hydrogens is 778 g/mol. The highest BCUT2D eigenvalue weighted by Gasteiger charge is 2.70. The van der Waals surface area contributed by atoms with Crippen molar-refractivity contribution in [1.29, 1.82) is 0 Å². The van der Waals surface area contributed by atoms with Gasteiger partial charge in [0.1, 0.15) is 6.10 Å². The number of nitrogens with two attached hydrogens (primary N) is 1. The second-order valence-electron chi connectivity index (χ2n) is 22.2. The number of carboxylic acids is 1. The predicted molar refractivity (Wildman–Crippen MR) is 232 cm³/mol. The van der Waals surface area contributed by atoms with Gasteiger partial charge in [-0.15, -0.1) is 0 Å². The van der Waals surface area contributed by atoms with Gasteiger partial charge >= 0.3 is 11.9 Å². The van der Waals surface area contributed by atoms with Gasteiger partial charge in [-0.1, -0.05) is 79.5 Å². The fourth-order valence-corrected chi connectivity index (χ4v) is 14.9. The molecule has 5 N–H and O–H groups in total. The molecule has 11 atom stereocenters. The number of carboxylic acid groups (broad SMARTS) is 1. The normalized spacial score (nSPS) is 38.0. The Morgan fingerprint density at radius 2 is 1.55 bits per heavy atom. The Hall–Kier alpha value is -3.24. The fourth-order valence-electron chi connectivity index (χ4n) is 14.8. The second-order valence-corrected chi connectivity index (χ2v) is 22.6. The summed E-state index contributed by atoms with van der Waals surface area (Å²) in [5.74, 6) is -1.17. The number of ketones is 1. The fraction of sp³-hybridized carbons (Fsp3) is 0.735. The molecule has 0 saturated heterocycles. The van der Waals surface area contributed by atoms with Crippen LogP contribution in [-0.4, -0.2) is 59.9 Å². The van der Waals surface area contributed by atoms with E-state index in [2.05, 4.69) is 59.1 Å². The van der Waals surface area contributed by atoms with Crippen molar-refractivity contribution in [3.8, 4) is 0 Å². The average Bonchev–Trinajstić information content (AvgIpc) is 3.45. The van der Waals surface area contributed by atoms with Crippen molar-refractivity contribution < 1.29 is 33.8 Å². The molecule has 0 aliphatic heterocycles. The summed E-state index contributed by atoms with van der Waals surface area (Å²) in [5.41, 5.74) is 7.30. The molecule has 1 unspecified atom stereocenters. The first-order chi connectivity index (χ1) is 28.0. The molecular formula is C49H70ClN3O7. The monoisotopic (exact) mass is 847 g/mol.